The molecule has 27 heavy (non-hydrogen) atoms. The van der Waals surface area contributed by atoms with E-state index in [1.165, 1.54) is 48.7 Å². The normalized spacial score (nSPS) is 26.4. The Morgan fingerprint density at radius 2 is 1.78 bits per heavy atom. The van der Waals surface area contributed by atoms with Crippen LogP contribution in [0.5, 0.6) is 0 Å². The van der Waals surface area contributed by atoms with Crippen LogP contribution in [0.15, 0.2) is 61.1 Å². The largest absolute Gasteiger partial charge is 0.300 e. The van der Waals surface area contributed by atoms with Gasteiger partial charge >= 0.3 is 0 Å². The van der Waals surface area contributed by atoms with Crippen LogP contribution in [-0.2, 0) is 6.42 Å². The van der Waals surface area contributed by atoms with Gasteiger partial charge in [-0.05, 0) is 74.2 Å². The van der Waals surface area contributed by atoms with E-state index in [4.69, 9.17) is 0 Å². The van der Waals surface area contributed by atoms with Crippen LogP contribution in [0.2, 0.25) is 0 Å². The summed E-state index contributed by atoms with van der Waals surface area (Å²) in [5.74, 6) is 1.84. The smallest absolute Gasteiger partial charge is 0.0379 e. The third kappa shape index (κ3) is 4.19. The zero-order valence-electron chi connectivity index (χ0n) is 16.4. The van der Waals surface area contributed by atoms with E-state index in [-0.39, 0.29) is 0 Å². The molecule has 3 aliphatic heterocycles. The Morgan fingerprint density at radius 1 is 1.00 bits per heavy atom. The fourth-order valence-corrected chi connectivity index (χ4v) is 4.69. The molecule has 0 spiro atoms. The van der Waals surface area contributed by atoms with Gasteiger partial charge in [-0.25, -0.2) is 0 Å². The van der Waals surface area contributed by atoms with Gasteiger partial charge in [0.2, 0.25) is 0 Å². The molecule has 3 heteroatoms. The molecule has 140 valence electrons. The van der Waals surface area contributed by atoms with E-state index in [0.29, 0.717) is 0 Å². The van der Waals surface area contributed by atoms with Gasteiger partial charge in [-0.15, -0.1) is 0 Å². The lowest BCUT2D eigenvalue weighted by molar-refractivity contribution is -0.00116. The maximum absolute atomic E-state index is 4.22. The van der Waals surface area contributed by atoms with Crippen molar-refractivity contribution in [1.82, 2.24) is 14.9 Å². The average Bonchev–Trinajstić information content (AvgIpc) is 2.72. The molecule has 2 unspecified atom stereocenters. The van der Waals surface area contributed by atoms with Gasteiger partial charge in [0, 0.05) is 35.7 Å². The van der Waals surface area contributed by atoms with Crippen LogP contribution >= 0.6 is 0 Å². The van der Waals surface area contributed by atoms with Gasteiger partial charge in [0.05, 0.1) is 0 Å². The zero-order valence-corrected chi connectivity index (χ0v) is 16.4. The molecule has 2 bridgehead atoms. The van der Waals surface area contributed by atoms with Crippen molar-refractivity contribution >= 4 is 10.8 Å². The minimum absolute atomic E-state index is 0.761. The number of piperidine rings is 3. The second-order valence-corrected chi connectivity index (χ2v) is 8.04. The first-order chi connectivity index (χ1) is 13.2. The number of hydrogen-bond acceptors (Lipinski definition) is 3. The molecule has 3 aromatic rings. The van der Waals surface area contributed by atoms with Gasteiger partial charge in [0.25, 0.3) is 0 Å². The number of fused-ring (bicyclic) bond motifs is 4. The lowest BCUT2D eigenvalue weighted by Gasteiger charge is -2.50. The Balaban J connectivity index is 0.000000143. The molecule has 0 radical (unpaired) electrons. The van der Waals surface area contributed by atoms with Crippen LogP contribution < -0.4 is 0 Å². The van der Waals surface area contributed by atoms with E-state index >= 15 is 0 Å². The van der Waals surface area contributed by atoms with E-state index in [2.05, 4.69) is 52.1 Å². The van der Waals surface area contributed by atoms with Crippen molar-refractivity contribution in [2.24, 2.45) is 11.8 Å². The number of pyridine rings is 2. The van der Waals surface area contributed by atoms with Gasteiger partial charge in [-0.1, -0.05) is 37.3 Å². The monoisotopic (exact) mass is 359 g/mol. The van der Waals surface area contributed by atoms with Crippen LogP contribution in [0.1, 0.15) is 31.0 Å². The molecule has 1 aromatic carbocycles. The summed E-state index contributed by atoms with van der Waals surface area (Å²) in [5, 5.41) is 2.47. The Morgan fingerprint density at radius 3 is 2.48 bits per heavy atom. The fourth-order valence-electron chi connectivity index (χ4n) is 4.69. The highest BCUT2D eigenvalue weighted by Crippen LogP contribution is 2.37. The van der Waals surface area contributed by atoms with Gasteiger partial charge in [0.15, 0.2) is 0 Å². The van der Waals surface area contributed by atoms with E-state index in [9.17, 15) is 0 Å². The molecule has 0 amide bonds. The SMILES string of the molecule is CC1C2CCN(CC2)C1Cc1cccnc1.Cc1cc2ccccc2cn1. The molecule has 3 saturated heterocycles. The predicted molar refractivity (Wildman–Crippen MR) is 112 cm³/mol. The lowest BCUT2D eigenvalue weighted by atomic mass is 9.73. The molecule has 0 N–H and O–H groups in total. The average molecular weight is 360 g/mol. The van der Waals surface area contributed by atoms with Crippen molar-refractivity contribution in [3.63, 3.8) is 0 Å². The summed E-state index contributed by atoms with van der Waals surface area (Å²) in [5.41, 5.74) is 2.47. The highest BCUT2D eigenvalue weighted by molar-refractivity contribution is 5.81. The molecule has 2 atom stereocenters. The Bertz CT molecular complexity index is 867. The number of aromatic nitrogens is 2. The van der Waals surface area contributed by atoms with Crippen molar-refractivity contribution in [3.05, 3.63) is 72.3 Å². The summed E-state index contributed by atoms with van der Waals surface area (Å²) < 4.78 is 0. The minimum Gasteiger partial charge on any atom is -0.300 e. The minimum atomic E-state index is 0.761. The summed E-state index contributed by atoms with van der Waals surface area (Å²) in [6, 6.07) is 15.4. The number of benzene rings is 1. The van der Waals surface area contributed by atoms with Crippen LogP contribution in [0.4, 0.5) is 0 Å². The van der Waals surface area contributed by atoms with Gasteiger partial charge < -0.3 is 0 Å². The molecule has 2 aromatic heterocycles. The van der Waals surface area contributed by atoms with Gasteiger partial charge in [-0.2, -0.15) is 0 Å². The summed E-state index contributed by atoms with van der Waals surface area (Å²) in [6.45, 7) is 7.09. The summed E-state index contributed by atoms with van der Waals surface area (Å²) >= 11 is 0. The molecule has 6 rings (SSSR count). The zero-order chi connectivity index (χ0) is 18.6. The summed E-state index contributed by atoms with van der Waals surface area (Å²) in [6.07, 6.45) is 9.82. The molecule has 5 heterocycles. The predicted octanol–water partition coefficient (Wildman–Crippen LogP) is 4.90. The summed E-state index contributed by atoms with van der Waals surface area (Å²) in [4.78, 5) is 11.1. The Labute approximate surface area is 162 Å². The number of aryl methyl sites for hydroxylation is 1. The topological polar surface area (TPSA) is 29.0 Å². The van der Waals surface area contributed by atoms with E-state index in [1.54, 1.807) is 0 Å². The first-order valence-electron chi connectivity index (χ1n) is 10.1. The van der Waals surface area contributed by atoms with Crippen molar-refractivity contribution in [1.29, 1.82) is 0 Å². The quantitative estimate of drug-likeness (QED) is 0.652. The van der Waals surface area contributed by atoms with Crippen molar-refractivity contribution in [3.8, 4) is 0 Å². The third-order valence-corrected chi connectivity index (χ3v) is 6.33. The van der Waals surface area contributed by atoms with Gasteiger partial charge in [-0.3, -0.25) is 14.9 Å². The highest BCUT2D eigenvalue weighted by atomic mass is 15.2. The van der Waals surface area contributed by atoms with Gasteiger partial charge in [0.1, 0.15) is 0 Å². The maximum atomic E-state index is 4.22. The van der Waals surface area contributed by atoms with E-state index in [1.807, 2.05) is 37.6 Å². The number of hydrogen-bond donors (Lipinski definition) is 0. The third-order valence-electron chi connectivity index (χ3n) is 6.33. The van der Waals surface area contributed by atoms with Crippen molar-refractivity contribution in [2.45, 2.75) is 39.2 Å². The van der Waals surface area contributed by atoms with E-state index < -0.39 is 0 Å². The van der Waals surface area contributed by atoms with Crippen molar-refractivity contribution < 1.29 is 0 Å². The lowest BCUT2D eigenvalue weighted by Crippen LogP contribution is -2.54. The first-order valence-corrected chi connectivity index (χ1v) is 10.1. The Hall–Kier alpha value is -2.26. The van der Waals surface area contributed by atoms with Crippen LogP contribution in [0.3, 0.4) is 0 Å². The van der Waals surface area contributed by atoms with Crippen molar-refractivity contribution in [2.75, 3.05) is 13.1 Å². The van der Waals surface area contributed by atoms with Crippen LogP contribution in [0, 0.1) is 18.8 Å². The van der Waals surface area contributed by atoms with Crippen LogP contribution in [0.25, 0.3) is 10.8 Å². The standard InChI is InChI=1S/C14H20N2.C10H9N/c1-11-13-4-7-16(8-5-13)14(11)9-12-3-2-6-15-10-12;1-8-6-9-4-2-3-5-10(9)7-11-8/h2-3,6,10-11,13-14H,4-5,7-9H2,1H3;2-7H,1H3. The number of nitrogens with zero attached hydrogens (tertiary/aromatic N) is 3. The maximum Gasteiger partial charge on any atom is 0.0379 e. The first kappa shape index (κ1) is 18.1. The second-order valence-electron chi connectivity index (χ2n) is 8.04. The highest BCUT2D eigenvalue weighted by Gasteiger charge is 2.39. The summed E-state index contributed by atoms with van der Waals surface area (Å²) in [7, 11) is 0. The molecular formula is C24H29N3. The Kier molecular flexibility index (Phi) is 5.49. The number of rotatable bonds is 2. The molecular weight excluding hydrogens is 330 g/mol. The second kappa shape index (κ2) is 8.18. The molecule has 3 nitrogen and oxygen atoms in total. The van der Waals surface area contributed by atoms with Crippen LogP contribution in [-0.4, -0.2) is 34.0 Å². The molecule has 3 aliphatic rings. The fraction of sp³-hybridized carbons (Fsp3) is 0.417. The van der Waals surface area contributed by atoms with E-state index in [0.717, 1.165) is 23.6 Å². The molecule has 3 fully saturated rings. The molecule has 0 aliphatic carbocycles. The molecule has 0 saturated carbocycles.